The number of imide groups is 2. The molecule has 0 aromatic heterocycles. The van der Waals surface area contributed by atoms with Gasteiger partial charge in [-0.3, -0.25) is 34.3 Å². The van der Waals surface area contributed by atoms with Gasteiger partial charge in [-0.2, -0.15) is 0 Å². The predicted molar refractivity (Wildman–Crippen MR) is 107 cm³/mol. The van der Waals surface area contributed by atoms with E-state index in [4.69, 9.17) is 5.73 Å². The highest BCUT2D eigenvalue weighted by atomic mass is 16.2. The first kappa shape index (κ1) is 19.4. The first-order chi connectivity index (χ1) is 14.4. The second-order valence-electron chi connectivity index (χ2n) is 9.07. The Kier molecular flexibility index (Phi) is 4.71. The lowest BCUT2D eigenvalue weighted by atomic mass is 9.79. The third kappa shape index (κ3) is 3.15. The van der Waals surface area contributed by atoms with Gasteiger partial charge in [0.2, 0.25) is 11.8 Å². The van der Waals surface area contributed by atoms with E-state index >= 15 is 0 Å². The first-order valence-corrected chi connectivity index (χ1v) is 10.7. The maximum atomic E-state index is 13.2. The van der Waals surface area contributed by atoms with E-state index in [0.717, 1.165) is 42.8 Å². The zero-order chi connectivity index (χ0) is 21.0. The minimum absolute atomic E-state index is 0.120. The molecule has 30 heavy (non-hydrogen) atoms. The number of carbonyl (C=O) groups is 4. The summed E-state index contributed by atoms with van der Waals surface area (Å²) in [5, 5.41) is 2.24. The SMILES string of the molecule is NC1CCC2CN(Cc3cccc4c3C(=O)N(C3CCC(=O)NC3=O)C4=O)CC2C1. The second-order valence-corrected chi connectivity index (χ2v) is 9.07. The number of rotatable bonds is 3. The molecule has 1 aromatic rings. The molecule has 158 valence electrons. The van der Waals surface area contributed by atoms with E-state index in [1.807, 2.05) is 6.07 Å². The van der Waals surface area contributed by atoms with E-state index in [0.29, 0.717) is 29.5 Å². The third-order valence-corrected chi connectivity index (χ3v) is 7.11. The minimum atomic E-state index is -0.931. The van der Waals surface area contributed by atoms with Crippen LogP contribution in [0.5, 0.6) is 0 Å². The molecule has 3 heterocycles. The molecule has 1 aromatic carbocycles. The quantitative estimate of drug-likeness (QED) is 0.708. The van der Waals surface area contributed by atoms with Crippen LogP contribution in [-0.4, -0.2) is 58.6 Å². The summed E-state index contributed by atoms with van der Waals surface area (Å²) in [4.78, 5) is 53.3. The second kappa shape index (κ2) is 7.28. The molecule has 4 aliphatic rings. The minimum Gasteiger partial charge on any atom is -0.328 e. The van der Waals surface area contributed by atoms with E-state index in [9.17, 15) is 19.2 Å². The lowest BCUT2D eigenvalue weighted by Gasteiger charge is -2.28. The number of hydrogen-bond donors (Lipinski definition) is 2. The van der Waals surface area contributed by atoms with Crippen molar-refractivity contribution in [2.75, 3.05) is 13.1 Å². The number of nitrogens with zero attached hydrogens (tertiary/aromatic N) is 2. The Balaban J connectivity index is 1.37. The normalized spacial score (nSPS) is 31.7. The zero-order valence-corrected chi connectivity index (χ0v) is 16.8. The van der Waals surface area contributed by atoms with Gasteiger partial charge in [-0.1, -0.05) is 12.1 Å². The summed E-state index contributed by atoms with van der Waals surface area (Å²) >= 11 is 0. The molecule has 4 unspecified atom stereocenters. The van der Waals surface area contributed by atoms with Gasteiger partial charge in [0, 0.05) is 32.1 Å². The molecule has 5 rings (SSSR count). The van der Waals surface area contributed by atoms with E-state index in [1.54, 1.807) is 12.1 Å². The van der Waals surface area contributed by atoms with E-state index < -0.39 is 23.8 Å². The maximum absolute atomic E-state index is 13.2. The van der Waals surface area contributed by atoms with Crippen LogP contribution in [0.3, 0.4) is 0 Å². The largest absolute Gasteiger partial charge is 0.328 e. The fraction of sp³-hybridized carbons (Fsp3) is 0.545. The van der Waals surface area contributed by atoms with E-state index in [-0.39, 0.29) is 24.8 Å². The molecule has 0 spiro atoms. The highest BCUT2D eigenvalue weighted by molar-refractivity contribution is 6.24. The highest BCUT2D eigenvalue weighted by Gasteiger charge is 2.46. The summed E-state index contributed by atoms with van der Waals surface area (Å²) in [5.41, 5.74) is 7.71. The van der Waals surface area contributed by atoms with Gasteiger partial charge < -0.3 is 5.73 Å². The Morgan fingerprint density at radius 1 is 1.00 bits per heavy atom. The number of amides is 4. The standard InChI is InChI=1S/C22H26N4O4/c23-15-5-4-12-9-25(11-14(12)8-15)10-13-2-1-3-16-19(13)22(30)26(21(16)29)17-6-7-18(27)24-20(17)28/h1-3,12,14-15,17H,4-11,23H2,(H,24,27,28). The van der Waals surface area contributed by atoms with Crippen LogP contribution in [-0.2, 0) is 16.1 Å². The summed E-state index contributed by atoms with van der Waals surface area (Å²) < 4.78 is 0. The molecule has 3 fully saturated rings. The topological polar surface area (TPSA) is 113 Å². The van der Waals surface area contributed by atoms with Gasteiger partial charge in [0.1, 0.15) is 6.04 Å². The number of nitrogens with one attached hydrogen (secondary N) is 1. The van der Waals surface area contributed by atoms with Gasteiger partial charge in [-0.05, 0) is 49.1 Å². The number of hydrogen-bond acceptors (Lipinski definition) is 6. The number of fused-ring (bicyclic) bond motifs is 2. The Bertz CT molecular complexity index is 945. The molecule has 0 radical (unpaired) electrons. The van der Waals surface area contributed by atoms with Crippen LogP contribution in [0.4, 0.5) is 0 Å². The number of carbonyl (C=O) groups excluding carboxylic acids is 4. The number of piperidine rings is 1. The van der Waals surface area contributed by atoms with Crippen LogP contribution < -0.4 is 11.1 Å². The molecule has 2 saturated heterocycles. The summed E-state index contributed by atoms with van der Waals surface area (Å²) in [6, 6.07) is 4.69. The highest BCUT2D eigenvalue weighted by Crippen LogP contribution is 2.37. The molecule has 3 N–H and O–H groups in total. The van der Waals surface area contributed by atoms with Crippen molar-refractivity contribution >= 4 is 23.6 Å². The van der Waals surface area contributed by atoms with Gasteiger partial charge in [-0.25, -0.2) is 0 Å². The van der Waals surface area contributed by atoms with Crippen molar-refractivity contribution in [2.45, 2.75) is 50.7 Å². The first-order valence-electron chi connectivity index (χ1n) is 10.7. The van der Waals surface area contributed by atoms with Crippen molar-refractivity contribution in [3.05, 3.63) is 34.9 Å². The van der Waals surface area contributed by atoms with Crippen molar-refractivity contribution in [2.24, 2.45) is 17.6 Å². The van der Waals surface area contributed by atoms with Crippen LogP contribution in [0.25, 0.3) is 0 Å². The average molecular weight is 410 g/mol. The Hall–Kier alpha value is -2.58. The molecule has 8 nitrogen and oxygen atoms in total. The van der Waals surface area contributed by atoms with Crippen LogP contribution in [0.15, 0.2) is 18.2 Å². The molecule has 4 atom stereocenters. The van der Waals surface area contributed by atoms with Gasteiger partial charge in [-0.15, -0.1) is 0 Å². The lowest BCUT2D eigenvalue weighted by molar-refractivity contribution is -0.136. The number of likely N-dealkylation sites (tertiary alicyclic amines) is 1. The van der Waals surface area contributed by atoms with Crippen molar-refractivity contribution in [3.63, 3.8) is 0 Å². The van der Waals surface area contributed by atoms with Crippen molar-refractivity contribution in [1.82, 2.24) is 15.1 Å². The fourth-order valence-corrected chi connectivity index (χ4v) is 5.65. The van der Waals surface area contributed by atoms with E-state index in [2.05, 4.69) is 10.2 Å². The number of nitrogens with two attached hydrogens (primary N) is 1. The average Bonchev–Trinajstić information content (AvgIpc) is 3.21. The van der Waals surface area contributed by atoms with Gasteiger partial charge in [0.15, 0.2) is 0 Å². The number of benzene rings is 1. The maximum Gasteiger partial charge on any atom is 0.262 e. The molecular formula is C22H26N4O4. The third-order valence-electron chi connectivity index (χ3n) is 7.11. The summed E-state index contributed by atoms with van der Waals surface area (Å²) in [6.45, 7) is 2.55. The van der Waals surface area contributed by atoms with Gasteiger partial charge in [0.05, 0.1) is 11.1 Å². The van der Waals surface area contributed by atoms with Crippen LogP contribution in [0.1, 0.15) is 58.4 Å². The van der Waals surface area contributed by atoms with Gasteiger partial charge in [0.25, 0.3) is 11.8 Å². The Labute approximate surface area is 174 Å². The van der Waals surface area contributed by atoms with Gasteiger partial charge >= 0.3 is 0 Å². The fourth-order valence-electron chi connectivity index (χ4n) is 5.65. The molecule has 1 aliphatic carbocycles. The molecule has 4 amide bonds. The van der Waals surface area contributed by atoms with Crippen LogP contribution >= 0.6 is 0 Å². The van der Waals surface area contributed by atoms with Crippen molar-refractivity contribution in [3.8, 4) is 0 Å². The molecule has 8 heteroatoms. The van der Waals surface area contributed by atoms with Crippen LogP contribution in [0, 0.1) is 11.8 Å². The smallest absolute Gasteiger partial charge is 0.262 e. The van der Waals surface area contributed by atoms with E-state index in [1.165, 1.54) is 0 Å². The zero-order valence-electron chi connectivity index (χ0n) is 16.8. The van der Waals surface area contributed by atoms with Crippen LogP contribution in [0.2, 0.25) is 0 Å². The molecular weight excluding hydrogens is 384 g/mol. The predicted octanol–water partition coefficient (Wildman–Crippen LogP) is 0.647. The summed E-state index contributed by atoms with van der Waals surface area (Å²) in [6.07, 6.45) is 3.56. The molecule has 0 bridgehead atoms. The lowest BCUT2D eigenvalue weighted by Crippen LogP contribution is -2.54. The summed E-state index contributed by atoms with van der Waals surface area (Å²) in [5.74, 6) is -0.584. The Morgan fingerprint density at radius 3 is 2.60 bits per heavy atom. The molecule has 3 aliphatic heterocycles. The Morgan fingerprint density at radius 2 is 1.80 bits per heavy atom. The summed E-state index contributed by atoms with van der Waals surface area (Å²) in [7, 11) is 0. The molecule has 1 saturated carbocycles. The van der Waals surface area contributed by atoms with Crippen molar-refractivity contribution in [1.29, 1.82) is 0 Å². The monoisotopic (exact) mass is 410 g/mol. The van der Waals surface area contributed by atoms with Crippen molar-refractivity contribution < 1.29 is 19.2 Å².